The van der Waals surface area contributed by atoms with Gasteiger partial charge in [-0.1, -0.05) is 0 Å². The third kappa shape index (κ3) is 3.89. The van der Waals surface area contributed by atoms with Crippen molar-refractivity contribution in [2.75, 3.05) is 0 Å². The average Bonchev–Trinajstić information content (AvgIpc) is 1.83. The Morgan fingerprint density at radius 2 is 2.25 bits per heavy atom. The van der Waals surface area contributed by atoms with E-state index in [2.05, 4.69) is 14.7 Å². The number of hydrogen-bond acceptors (Lipinski definition) is 6. The van der Waals surface area contributed by atoms with Gasteiger partial charge in [-0.2, -0.15) is 0 Å². The Morgan fingerprint density at radius 3 is 2.62 bits per heavy atom. The molecule has 0 aliphatic rings. The molecule has 0 spiro atoms. The third-order valence-corrected chi connectivity index (χ3v) is 1.53. The summed E-state index contributed by atoms with van der Waals surface area (Å²) in [5.74, 6) is 0. The molecule has 8 heavy (non-hydrogen) atoms. The van der Waals surface area contributed by atoms with Crippen LogP contribution in [0.3, 0.4) is 0 Å². The van der Waals surface area contributed by atoms with Crippen LogP contribution in [0.1, 0.15) is 0 Å². The molecule has 0 atom stereocenters. The zero-order valence-electron chi connectivity index (χ0n) is 3.57. The second-order valence-electron chi connectivity index (χ2n) is 0.663. The smallest absolute Gasteiger partial charge is 0.384 e. The molecule has 0 heterocycles. The van der Waals surface area contributed by atoms with Gasteiger partial charge in [0.1, 0.15) is 0 Å². The van der Waals surface area contributed by atoms with Crippen LogP contribution in [-0.2, 0) is 23.6 Å². The zero-order valence-corrected chi connectivity index (χ0v) is 5.72. The second kappa shape index (κ2) is 4.86. The Kier molecular flexibility index (Phi) is 4.69. The van der Waals surface area contributed by atoms with Crippen LogP contribution in [0.2, 0.25) is 0 Å². The normalized spacial score (nSPS) is 8.12. The first-order chi connectivity index (χ1) is 3.81. The van der Waals surface area contributed by atoms with Crippen molar-refractivity contribution in [3.05, 3.63) is 0 Å². The summed E-state index contributed by atoms with van der Waals surface area (Å²) in [5, 5.41) is 13.5. The van der Waals surface area contributed by atoms with Crippen molar-refractivity contribution in [3.8, 4) is 0 Å². The van der Waals surface area contributed by atoms with E-state index >= 15 is 0 Å². The van der Waals surface area contributed by atoms with Crippen LogP contribution in [-0.4, -0.2) is 22.6 Å². The molecule has 0 saturated heterocycles. The number of rotatable bonds is 4. The van der Waals surface area contributed by atoms with E-state index in [0.29, 0.717) is 0 Å². The van der Waals surface area contributed by atoms with Gasteiger partial charge in [-0.15, -0.1) is 0 Å². The topological polar surface area (TPSA) is 82.1 Å². The van der Waals surface area contributed by atoms with Crippen molar-refractivity contribution in [1.29, 1.82) is 0 Å². The highest BCUT2D eigenvalue weighted by Crippen LogP contribution is 1.72. The molecule has 0 fully saturated rings. The summed E-state index contributed by atoms with van der Waals surface area (Å²) in [6, 6.07) is 0. The minimum Gasteiger partial charge on any atom is -0.384 e. The van der Waals surface area contributed by atoms with Gasteiger partial charge in [-0.05, 0) is 5.04 Å². The van der Waals surface area contributed by atoms with Crippen molar-refractivity contribution in [3.63, 3.8) is 0 Å². The Balaban J connectivity index is 3.11. The van der Waals surface area contributed by atoms with Crippen molar-refractivity contribution in [2.24, 2.45) is 0 Å². The van der Waals surface area contributed by atoms with Crippen LogP contribution in [0.4, 0.5) is 0 Å². The molecule has 0 bridgehead atoms. The van der Waals surface area contributed by atoms with E-state index in [0.717, 1.165) is 0 Å². The highest BCUT2D eigenvalue weighted by Gasteiger charge is 2.06. The van der Waals surface area contributed by atoms with Gasteiger partial charge in [-0.3, -0.25) is 0 Å². The molecular formula is H2O6Si2. The van der Waals surface area contributed by atoms with Crippen molar-refractivity contribution in [1.82, 2.24) is 0 Å². The lowest BCUT2D eigenvalue weighted by Gasteiger charge is -1.88. The summed E-state index contributed by atoms with van der Waals surface area (Å²) in [5.41, 5.74) is 0. The summed E-state index contributed by atoms with van der Waals surface area (Å²) >= 11 is 0. The summed E-state index contributed by atoms with van der Waals surface area (Å²) in [6.07, 6.45) is 0. The molecule has 46 valence electrons. The molecule has 0 aliphatic carbocycles. The molecular weight excluding hydrogens is 152 g/mol. The SMILES string of the molecule is O=[SiH][Si](=O)OOOO. The van der Waals surface area contributed by atoms with Gasteiger partial charge >= 0.3 is 17.4 Å². The van der Waals surface area contributed by atoms with Crippen molar-refractivity contribution >= 4 is 17.4 Å². The van der Waals surface area contributed by atoms with E-state index in [-0.39, 0.29) is 0 Å². The van der Waals surface area contributed by atoms with Gasteiger partial charge < -0.3 is 13.5 Å². The van der Waals surface area contributed by atoms with Gasteiger partial charge in [-0.25, -0.2) is 5.26 Å². The third-order valence-electron chi connectivity index (χ3n) is 0.243. The maximum absolute atomic E-state index is 9.94. The van der Waals surface area contributed by atoms with E-state index in [1.54, 1.807) is 0 Å². The summed E-state index contributed by atoms with van der Waals surface area (Å²) in [4.78, 5) is 0. The van der Waals surface area contributed by atoms with Gasteiger partial charge in [0.25, 0.3) is 0 Å². The fraction of sp³-hybridized carbons (Fsp3) is 0. The Labute approximate surface area is 47.2 Å². The van der Waals surface area contributed by atoms with Gasteiger partial charge in [0.2, 0.25) is 0 Å². The molecule has 0 amide bonds. The molecule has 6 nitrogen and oxygen atoms in total. The second-order valence-corrected chi connectivity index (χ2v) is 3.82. The molecule has 8 heteroatoms. The lowest BCUT2D eigenvalue weighted by molar-refractivity contribution is -0.597. The molecule has 0 rings (SSSR count). The molecule has 0 radical (unpaired) electrons. The fourth-order valence-electron chi connectivity index (χ4n) is 0.0684. The lowest BCUT2D eigenvalue weighted by Crippen LogP contribution is -2.09. The summed E-state index contributed by atoms with van der Waals surface area (Å²) < 4.78 is 23.2. The van der Waals surface area contributed by atoms with Gasteiger partial charge in [0.15, 0.2) is 0 Å². The first kappa shape index (κ1) is 7.71. The van der Waals surface area contributed by atoms with E-state index in [1.807, 2.05) is 0 Å². The fourth-order valence-corrected chi connectivity index (χ4v) is 0.441. The van der Waals surface area contributed by atoms with Crippen molar-refractivity contribution < 1.29 is 28.8 Å². The maximum Gasteiger partial charge on any atom is 0.577 e. The predicted molar refractivity (Wildman–Crippen MR) is 20.2 cm³/mol. The Morgan fingerprint density at radius 1 is 1.62 bits per heavy atom. The maximum atomic E-state index is 9.94. The quantitative estimate of drug-likeness (QED) is 0.302. The minimum absolute atomic E-state index is 1.51. The molecule has 0 unspecified atom stereocenters. The summed E-state index contributed by atoms with van der Waals surface area (Å²) in [6.45, 7) is 0. The van der Waals surface area contributed by atoms with Crippen LogP contribution in [0, 0.1) is 0 Å². The molecule has 1 N–H and O–H groups in total. The highest BCUT2D eigenvalue weighted by atomic mass is 29.2. The molecule has 0 aromatic carbocycles. The van der Waals surface area contributed by atoms with E-state index < -0.39 is 17.4 Å². The summed E-state index contributed by atoms with van der Waals surface area (Å²) in [7, 11) is -4.13. The standard InChI is InChI=1S/H2O6Si2/c1-4-5-6-8(3)7-2/h1,7H. The van der Waals surface area contributed by atoms with Crippen LogP contribution in [0.25, 0.3) is 0 Å². The minimum atomic E-state index is -2.62. The van der Waals surface area contributed by atoms with Gasteiger partial charge in [0.05, 0.1) is 0 Å². The Bertz CT molecular complexity index is 86.5. The largest absolute Gasteiger partial charge is 0.577 e. The van der Waals surface area contributed by atoms with Crippen LogP contribution in [0.5, 0.6) is 0 Å². The zero-order chi connectivity index (χ0) is 6.41. The van der Waals surface area contributed by atoms with Crippen LogP contribution >= 0.6 is 0 Å². The van der Waals surface area contributed by atoms with Crippen molar-refractivity contribution in [2.45, 2.75) is 0 Å². The lowest BCUT2D eigenvalue weighted by atomic mass is 14.4. The molecule has 0 aromatic heterocycles. The Hall–Kier alpha value is -0.286. The van der Waals surface area contributed by atoms with E-state index in [9.17, 15) is 8.92 Å². The monoisotopic (exact) mass is 154 g/mol. The first-order valence-electron chi connectivity index (χ1n) is 1.45. The molecule has 0 saturated carbocycles. The van der Waals surface area contributed by atoms with Crippen LogP contribution in [0.15, 0.2) is 0 Å². The predicted octanol–water partition coefficient (Wildman–Crippen LogP) is -1.46. The highest BCUT2D eigenvalue weighted by molar-refractivity contribution is 6.93. The first-order valence-corrected chi connectivity index (χ1v) is 5.05. The van der Waals surface area contributed by atoms with E-state index in [4.69, 9.17) is 5.26 Å². The van der Waals surface area contributed by atoms with Crippen LogP contribution < -0.4 is 0 Å². The molecule has 0 aliphatic heterocycles. The number of hydrogen-bond donors (Lipinski definition) is 1. The average molecular weight is 154 g/mol. The molecule has 0 aromatic rings. The van der Waals surface area contributed by atoms with Gasteiger partial charge in [0, 0.05) is 5.04 Å². The van der Waals surface area contributed by atoms with E-state index in [1.165, 1.54) is 0 Å².